The highest BCUT2D eigenvalue weighted by Gasteiger charge is 2.24. The van der Waals surface area contributed by atoms with Crippen LogP contribution in [0, 0.1) is 0 Å². The maximum Gasteiger partial charge on any atom is 0.263 e. The second-order valence-corrected chi connectivity index (χ2v) is 7.60. The number of amides is 1. The first-order valence-corrected chi connectivity index (χ1v) is 9.94. The summed E-state index contributed by atoms with van der Waals surface area (Å²) in [7, 11) is 1.91. The fourth-order valence-corrected chi connectivity index (χ4v) is 4.36. The molecule has 1 aliphatic rings. The van der Waals surface area contributed by atoms with Crippen molar-refractivity contribution in [2.24, 2.45) is 0 Å². The number of benzene rings is 1. The average Bonchev–Trinajstić information content (AvgIpc) is 3.31. The molecule has 0 bridgehead atoms. The van der Waals surface area contributed by atoms with Crippen molar-refractivity contribution in [2.45, 2.75) is 44.7 Å². The van der Waals surface area contributed by atoms with Crippen LogP contribution in [-0.2, 0) is 6.42 Å². The van der Waals surface area contributed by atoms with Crippen molar-refractivity contribution >= 4 is 17.2 Å². The van der Waals surface area contributed by atoms with Crippen LogP contribution in [-0.4, -0.2) is 30.4 Å². The van der Waals surface area contributed by atoms with Crippen LogP contribution < -0.4 is 10.9 Å². The molecule has 1 aromatic heterocycles. The van der Waals surface area contributed by atoms with Crippen molar-refractivity contribution in [3.05, 3.63) is 57.8 Å². The predicted molar refractivity (Wildman–Crippen MR) is 104 cm³/mol. The second kappa shape index (κ2) is 8.61. The zero-order chi connectivity index (χ0) is 17.6. The van der Waals surface area contributed by atoms with Gasteiger partial charge in [-0.15, -0.1) is 11.3 Å². The average molecular weight is 358 g/mol. The van der Waals surface area contributed by atoms with Gasteiger partial charge in [-0.2, -0.15) is 0 Å². The third kappa shape index (κ3) is 4.48. The Bertz CT molecular complexity index is 685. The number of carbonyl (C=O) groups excluding carboxylic acids is 1. The fourth-order valence-electron chi connectivity index (χ4n) is 3.37. The number of hydrazine groups is 1. The standard InChI is InChI=1S/C20H27N3OS/c1-3-15-11-13-25-19(15)20(24)23(2)12-7-10-17-14-18(22-21-17)16-8-5-4-6-9-16/h4-6,8-9,11,13,17-18,21-22H,3,7,10,12,14H2,1-2H3. The molecule has 1 fully saturated rings. The van der Waals surface area contributed by atoms with Crippen LogP contribution in [0.1, 0.15) is 53.0 Å². The van der Waals surface area contributed by atoms with E-state index in [0.717, 1.165) is 42.7 Å². The first-order chi connectivity index (χ1) is 12.2. The van der Waals surface area contributed by atoms with Crippen molar-refractivity contribution in [2.75, 3.05) is 13.6 Å². The minimum Gasteiger partial charge on any atom is -0.341 e. The van der Waals surface area contributed by atoms with Gasteiger partial charge in [0, 0.05) is 25.7 Å². The molecule has 0 radical (unpaired) electrons. The third-order valence-electron chi connectivity index (χ3n) is 4.90. The van der Waals surface area contributed by atoms with Crippen molar-refractivity contribution in [1.82, 2.24) is 15.8 Å². The molecule has 2 aromatic rings. The fraction of sp³-hybridized carbons (Fsp3) is 0.450. The Hall–Kier alpha value is -1.69. The van der Waals surface area contributed by atoms with E-state index in [4.69, 9.17) is 0 Å². The Morgan fingerprint density at radius 2 is 2.04 bits per heavy atom. The predicted octanol–water partition coefficient (Wildman–Crippen LogP) is 3.77. The molecule has 1 aliphatic heterocycles. The van der Waals surface area contributed by atoms with E-state index in [2.05, 4.69) is 48.1 Å². The molecule has 0 aliphatic carbocycles. The summed E-state index contributed by atoms with van der Waals surface area (Å²) < 4.78 is 0. The number of aryl methyl sites for hydroxylation is 1. The van der Waals surface area contributed by atoms with Crippen LogP contribution in [0.25, 0.3) is 0 Å². The van der Waals surface area contributed by atoms with Gasteiger partial charge in [0.25, 0.3) is 5.91 Å². The molecule has 2 heterocycles. The first kappa shape index (κ1) is 18.1. The molecule has 1 amide bonds. The topological polar surface area (TPSA) is 44.4 Å². The summed E-state index contributed by atoms with van der Waals surface area (Å²) in [5.41, 5.74) is 9.28. The van der Waals surface area contributed by atoms with E-state index in [9.17, 15) is 4.79 Å². The Morgan fingerprint density at radius 3 is 2.80 bits per heavy atom. The maximum atomic E-state index is 12.6. The van der Waals surface area contributed by atoms with Crippen LogP contribution in [0.2, 0.25) is 0 Å². The molecule has 5 heteroatoms. The summed E-state index contributed by atoms with van der Waals surface area (Å²) in [6, 6.07) is 13.4. The summed E-state index contributed by atoms with van der Waals surface area (Å²) in [5, 5.41) is 2.01. The molecule has 3 rings (SSSR count). The van der Waals surface area contributed by atoms with Crippen LogP contribution in [0.4, 0.5) is 0 Å². The van der Waals surface area contributed by atoms with Gasteiger partial charge in [0.2, 0.25) is 0 Å². The number of rotatable bonds is 7. The van der Waals surface area contributed by atoms with E-state index in [1.54, 1.807) is 11.3 Å². The molecule has 134 valence electrons. The lowest BCUT2D eigenvalue weighted by Crippen LogP contribution is -2.32. The SMILES string of the molecule is CCc1ccsc1C(=O)N(C)CCCC1CC(c2ccccc2)NN1. The molecule has 25 heavy (non-hydrogen) atoms. The van der Waals surface area contributed by atoms with E-state index in [1.807, 2.05) is 23.4 Å². The third-order valence-corrected chi connectivity index (χ3v) is 5.84. The zero-order valence-corrected chi connectivity index (χ0v) is 15.8. The zero-order valence-electron chi connectivity index (χ0n) is 15.0. The van der Waals surface area contributed by atoms with E-state index in [-0.39, 0.29) is 5.91 Å². The second-order valence-electron chi connectivity index (χ2n) is 6.68. The van der Waals surface area contributed by atoms with Gasteiger partial charge in [0.15, 0.2) is 0 Å². The molecule has 2 N–H and O–H groups in total. The minimum atomic E-state index is 0.159. The van der Waals surface area contributed by atoms with E-state index in [1.165, 1.54) is 5.56 Å². The summed E-state index contributed by atoms with van der Waals surface area (Å²) in [5.74, 6) is 0.159. The Morgan fingerprint density at radius 1 is 1.24 bits per heavy atom. The largest absolute Gasteiger partial charge is 0.341 e. The molecule has 2 atom stereocenters. The van der Waals surface area contributed by atoms with Gasteiger partial charge >= 0.3 is 0 Å². The number of hydrogen-bond donors (Lipinski definition) is 2. The Kier molecular flexibility index (Phi) is 6.24. The Balaban J connectivity index is 1.43. The van der Waals surface area contributed by atoms with Crippen molar-refractivity contribution in [3.63, 3.8) is 0 Å². The van der Waals surface area contributed by atoms with Crippen LogP contribution in [0.3, 0.4) is 0 Å². The quantitative estimate of drug-likeness (QED) is 0.793. The highest BCUT2D eigenvalue weighted by molar-refractivity contribution is 7.12. The number of thiophene rings is 1. The monoisotopic (exact) mass is 357 g/mol. The molecule has 4 nitrogen and oxygen atoms in total. The van der Waals surface area contributed by atoms with E-state index >= 15 is 0 Å². The molecule has 1 saturated heterocycles. The van der Waals surface area contributed by atoms with Crippen LogP contribution in [0.5, 0.6) is 0 Å². The van der Waals surface area contributed by atoms with Gasteiger partial charge in [0.1, 0.15) is 0 Å². The highest BCUT2D eigenvalue weighted by Crippen LogP contribution is 2.24. The lowest BCUT2D eigenvalue weighted by molar-refractivity contribution is 0.0795. The molecule has 2 unspecified atom stereocenters. The number of carbonyl (C=O) groups is 1. The van der Waals surface area contributed by atoms with Gasteiger partial charge < -0.3 is 4.90 Å². The number of nitrogens with zero attached hydrogens (tertiary/aromatic N) is 1. The molecular weight excluding hydrogens is 330 g/mol. The van der Waals surface area contributed by atoms with Crippen molar-refractivity contribution in [3.8, 4) is 0 Å². The van der Waals surface area contributed by atoms with Crippen LogP contribution >= 0.6 is 11.3 Å². The van der Waals surface area contributed by atoms with Crippen molar-refractivity contribution in [1.29, 1.82) is 0 Å². The van der Waals surface area contributed by atoms with Gasteiger partial charge in [-0.1, -0.05) is 37.3 Å². The van der Waals surface area contributed by atoms with Gasteiger partial charge in [0.05, 0.1) is 4.88 Å². The lowest BCUT2D eigenvalue weighted by atomic mass is 10.00. The summed E-state index contributed by atoms with van der Waals surface area (Å²) in [6.45, 7) is 2.90. The van der Waals surface area contributed by atoms with Crippen molar-refractivity contribution < 1.29 is 4.79 Å². The highest BCUT2D eigenvalue weighted by atomic mass is 32.1. The normalized spacial score (nSPS) is 19.9. The minimum absolute atomic E-state index is 0.159. The summed E-state index contributed by atoms with van der Waals surface area (Å²) in [4.78, 5) is 15.3. The number of hydrogen-bond acceptors (Lipinski definition) is 4. The van der Waals surface area contributed by atoms with Gasteiger partial charge in [-0.3, -0.25) is 15.6 Å². The molecule has 1 aromatic carbocycles. The Labute approximate surface area is 154 Å². The molecule has 0 spiro atoms. The molecule has 0 saturated carbocycles. The van der Waals surface area contributed by atoms with Gasteiger partial charge in [-0.05, 0) is 48.3 Å². The lowest BCUT2D eigenvalue weighted by Gasteiger charge is -2.18. The first-order valence-electron chi connectivity index (χ1n) is 9.07. The summed E-state index contributed by atoms with van der Waals surface area (Å²) >= 11 is 1.55. The maximum absolute atomic E-state index is 12.6. The van der Waals surface area contributed by atoms with E-state index < -0.39 is 0 Å². The number of nitrogens with one attached hydrogen (secondary N) is 2. The van der Waals surface area contributed by atoms with Gasteiger partial charge in [-0.25, -0.2) is 0 Å². The summed E-state index contributed by atoms with van der Waals surface area (Å²) in [6.07, 6.45) is 4.08. The smallest absolute Gasteiger partial charge is 0.263 e. The van der Waals surface area contributed by atoms with Crippen LogP contribution in [0.15, 0.2) is 41.8 Å². The van der Waals surface area contributed by atoms with E-state index in [0.29, 0.717) is 12.1 Å². The molecular formula is C20H27N3OS.